The van der Waals surface area contributed by atoms with Gasteiger partial charge >= 0.3 is 11.9 Å². The molecule has 3 aromatic carbocycles. The van der Waals surface area contributed by atoms with E-state index in [2.05, 4.69) is 21.1 Å². The smallest absolute Gasteiger partial charge is 0.340 e. The average molecular weight is 741 g/mol. The fraction of sp³-hybridized carbons (Fsp3) is 0.333. The van der Waals surface area contributed by atoms with Gasteiger partial charge in [-0.25, -0.2) is 9.59 Å². The predicted molar refractivity (Wildman–Crippen MR) is 185 cm³/mol. The Morgan fingerprint density at radius 1 is 0.680 bits per heavy atom. The van der Waals surface area contributed by atoms with Gasteiger partial charge in [0.15, 0.2) is 5.36 Å². The van der Waals surface area contributed by atoms with Crippen molar-refractivity contribution in [3.8, 4) is 0 Å². The molecule has 0 aliphatic heterocycles. The SMILES string of the molecule is CN(C)CCOC(=O)c1ccccc1N/N=c1\ccc(=O)/c(=N\Nc2ccccc2C(=O)OCCN(C)C)c1=O.CS(=O)(=O)O.CS(=O)(=O)O. The first-order valence-electron chi connectivity index (χ1n) is 14.3. The molecule has 0 saturated carbocycles. The van der Waals surface area contributed by atoms with Gasteiger partial charge in [0.1, 0.15) is 18.6 Å². The molecule has 0 unspecified atom stereocenters. The monoisotopic (exact) mass is 740 g/mol. The second kappa shape index (κ2) is 20.6. The van der Waals surface area contributed by atoms with Crippen LogP contribution in [0.4, 0.5) is 11.4 Å². The van der Waals surface area contributed by atoms with E-state index in [0.29, 0.717) is 31.3 Å². The van der Waals surface area contributed by atoms with Crippen molar-refractivity contribution in [3.05, 3.63) is 103 Å². The van der Waals surface area contributed by atoms with Gasteiger partial charge in [-0.05, 0) is 64.6 Å². The number of anilines is 2. The summed E-state index contributed by atoms with van der Waals surface area (Å²) in [7, 11) is 0.123. The fourth-order valence-electron chi connectivity index (χ4n) is 3.29. The van der Waals surface area contributed by atoms with E-state index in [-0.39, 0.29) is 35.4 Å². The van der Waals surface area contributed by atoms with Crippen molar-refractivity contribution >= 4 is 43.5 Å². The molecular formula is C30H40N6O12S2. The molecule has 0 saturated heterocycles. The molecule has 0 fully saturated rings. The van der Waals surface area contributed by atoms with Crippen LogP contribution in [-0.4, -0.2) is 115 Å². The highest BCUT2D eigenvalue weighted by Crippen LogP contribution is 2.17. The molecule has 0 bridgehead atoms. The Bertz CT molecular complexity index is 2000. The summed E-state index contributed by atoms with van der Waals surface area (Å²) < 4.78 is 62.3. The maximum absolute atomic E-state index is 13.0. The number of hydrogen-bond donors (Lipinski definition) is 4. The lowest BCUT2D eigenvalue weighted by Gasteiger charge is -2.11. The van der Waals surface area contributed by atoms with Gasteiger partial charge in [-0.2, -0.15) is 27.0 Å². The number of benzene rings is 3. The Morgan fingerprint density at radius 2 is 1.06 bits per heavy atom. The van der Waals surface area contributed by atoms with Gasteiger partial charge in [0, 0.05) is 13.1 Å². The van der Waals surface area contributed by atoms with Crippen LogP contribution >= 0.6 is 0 Å². The molecule has 0 atom stereocenters. The second-order valence-electron chi connectivity index (χ2n) is 10.6. The van der Waals surface area contributed by atoms with Crippen molar-refractivity contribution in [1.29, 1.82) is 0 Å². The van der Waals surface area contributed by atoms with Gasteiger partial charge in [-0.3, -0.25) is 29.5 Å². The maximum atomic E-state index is 13.0. The van der Waals surface area contributed by atoms with Crippen molar-refractivity contribution < 1.29 is 45.0 Å². The van der Waals surface area contributed by atoms with Crippen LogP contribution in [0, 0.1) is 0 Å². The van der Waals surface area contributed by atoms with E-state index in [9.17, 15) is 36.0 Å². The molecule has 18 nitrogen and oxygen atoms in total. The van der Waals surface area contributed by atoms with Crippen LogP contribution in [0.1, 0.15) is 20.7 Å². The molecular weight excluding hydrogens is 700 g/mol. The van der Waals surface area contributed by atoms with E-state index in [0.717, 1.165) is 6.07 Å². The number of rotatable bonds is 12. The van der Waals surface area contributed by atoms with E-state index < -0.39 is 48.4 Å². The van der Waals surface area contributed by atoms with Crippen molar-refractivity contribution in [3.63, 3.8) is 0 Å². The summed E-state index contributed by atoms with van der Waals surface area (Å²) in [6, 6.07) is 15.4. The number of para-hydroxylation sites is 2. The average Bonchev–Trinajstić information content (AvgIpc) is 2.99. The third-order valence-electron chi connectivity index (χ3n) is 5.50. The normalized spacial score (nSPS) is 12.0. The maximum Gasteiger partial charge on any atom is 0.340 e. The van der Waals surface area contributed by atoms with Crippen molar-refractivity contribution in [2.75, 3.05) is 77.9 Å². The second-order valence-corrected chi connectivity index (χ2v) is 13.6. The molecule has 274 valence electrons. The zero-order valence-electron chi connectivity index (χ0n) is 28.2. The Labute approximate surface area is 288 Å². The van der Waals surface area contributed by atoms with Crippen LogP contribution in [-0.2, 0) is 29.7 Å². The molecule has 3 aromatic rings. The summed E-state index contributed by atoms with van der Waals surface area (Å²) in [5.74, 6) is -1.12. The summed E-state index contributed by atoms with van der Waals surface area (Å²) in [6.07, 6.45) is 1.43. The number of likely N-dealkylation sites (N-methyl/N-ethyl adjacent to an activating group) is 2. The highest BCUT2D eigenvalue weighted by atomic mass is 32.2. The van der Waals surface area contributed by atoms with Gasteiger partial charge < -0.3 is 19.3 Å². The van der Waals surface area contributed by atoms with Crippen molar-refractivity contribution in [1.82, 2.24) is 9.80 Å². The predicted octanol–water partition coefficient (Wildman–Crippen LogP) is -0.417. The van der Waals surface area contributed by atoms with Gasteiger partial charge in [-0.15, -0.1) is 0 Å². The van der Waals surface area contributed by atoms with Crippen molar-refractivity contribution in [2.45, 2.75) is 0 Å². The van der Waals surface area contributed by atoms with Gasteiger partial charge in [-0.1, -0.05) is 24.3 Å². The Kier molecular flexibility index (Phi) is 17.8. The number of hydrogen-bond acceptors (Lipinski definition) is 16. The minimum atomic E-state index is -3.67. The molecule has 0 aliphatic carbocycles. The molecule has 4 N–H and O–H groups in total. The number of esters is 2. The van der Waals surface area contributed by atoms with Gasteiger partial charge in [0.05, 0.1) is 35.0 Å². The summed E-state index contributed by atoms with van der Waals surface area (Å²) in [5.41, 5.74) is 4.97. The minimum absolute atomic E-state index is 0.104. The lowest BCUT2D eigenvalue weighted by molar-refractivity contribution is 0.0473. The molecule has 0 heterocycles. The molecule has 0 radical (unpaired) electrons. The van der Waals surface area contributed by atoms with Crippen LogP contribution < -0.4 is 32.4 Å². The highest BCUT2D eigenvalue weighted by Gasteiger charge is 2.14. The number of carbonyl (C=O) groups is 2. The molecule has 50 heavy (non-hydrogen) atoms. The first-order valence-corrected chi connectivity index (χ1v) is 18.0. The molecule has 20 heteroatoms. The van der Waals surface area contributed by atoms with Crippen LogP contribution in [0.15, 0.2) is 80.5 Å². The lowest BCUT2D eigenvalue weighted by atomic mass is 10.2. The zero-order valence-corrected chi connectivity index (χ0v) is 29.8. The van der Waals surface area contributed by atoms with E-state index in [4.69, 9.17) is 18.6 Å². The van der Waals surface area contributed by atoms with Crippen LogP contribution in [0.2, 0.25) is 0 Å². The lowest BCUT2D eigenvalue weighted by Crippen LogP contribution is -2.48. The van der Waals surface area contributed by atoms with Crippen LogP contribution in [0.5, 0.6) is 0 Å². The summed E-state index contributed by atoms with van der Waals surface area (Å²) >= 11 is 0. The van der Waals surface area contributed by atoms with E-state index >= 15 is 0 Å². The topological polar surface area (TPSA) is 251 Å². The van der Waals surface area contributed by atoms with Crippen molar-refractivity contribution in [2.24, 2.45) is 10.2 Å². The Morgan fingerprint density at radius 3 is 1.46 bits per heavy atom. The number of nitrogens with one attached hydrogen (secondary N) is 2. The van der Waals surface area contributed by atoms with Gasteiger partial charge in [0.25, 0.3) is 20.2 Å². The molecule has 3 rings (SSSR count). The van der Waals surface area contributed by atoms with Gasteiger partial charge in [0.2, 0.25) is 10.9 Å². The molecule has 0 aromatic heterocycles. The third kappa shape index (κ3) is 18.6. The highest BCUT2D eigenvalue weighted by molar-refractivity contribution is 7.85. The fourth-order valence-corrected chi connectivity index (χ4v) is 3.29. The Balaban J connectivity index is 0.00000109. The summed E-state index contributed by atoms with van der Waals surface area (Å²) in [4.78, 5) is 54.3. The van der Waals surface area contributed by atoms with E-state index in [1.807, 2.05) is 38.0 Å². The van der Waals surface area contributed by atoms with E-state index in [1.54, 1.807) is 48.5 Å². The van der Waals surface area contributed by atoms with Crippen LogP contribution in [0.3, 0.4) is 0 Å². The third-order valence-corrected chi connectivity index (χ3v) is 5.50. The first kappa shape index (κ1) is 43.2. The number of carbonyl (C=O) groups excluding carboxylic acids is 2. The summed E-state index contributed by atoms with van der Waals surface area (Å²) in [5, 5.41) is 7.55. The first-order chi connectivity index (χ1) is 23.2. The Hall–Kier alpha value is -4.86. The van der Waals surface area contributed by atoms with E-state index in [1.165, 1.54) is 6.07 Å². The van der Waals surface area contributed by atoms with Crippen LogP contribution in [0.25, 0.3) is 0 Å². The largest absolute Gasteiger partial charge is 0.461 e. The molecule has 0 amide bonds. The quantitative estimate of drug-likeness (QED) is 0.105. The molecule has 0 spiro atoms. The zero-order chi connectivity index (χ0) is 38.1. The standard InChI is InChI=1S/C28H32N6O6.2CH4O3S/c1-33(2)15-17-39-27(37)19-9-5-7-11-21(19)29-31-23-13-14-24(35)25(26(23)36)32-30-22-12-8-6-10-20(22)28(38)40-18-16-34(3)4;2*1-5(2,3)4/h5-14,29-30H,15-18H2,1-4H3;2*1H3,(H,2,3,4)/b31-23+,32-25+;;. The summed E-state index contributed by atoms with van der Waals surface area (Å²) in [6.45, 7) is 1.52. The number of ether oxygens (including phenoxy) is 2. The minimum Gasteiger partial charge on any atom is -0.461 e. The molecule has 0 aliphatic rings. The number of nitrogens with zero attached hydrogens (tertiary/aromatic N) is 4.